The van der Waals surface area contributed by atoms with Crippen molar-refractivity contribution < 1.29 is 27.5 Å². The summed E-state index contributed by atoms with van der Waals surface area (Å²) in [5, 5.41) is 28.4. The minimum Gasteiger partial charge on any atom is -0.381 e. The van der Waals surface area contributed by atoms with Crippen LogP contribution in [0.1, 0.15) is 11.1 Å². The Morgan fingerprint density at radius 2 is 2.04 bits per heavy atom. The highest BCUT2D eigenvalue weighted by Crippen LogP contribution is 2.33. The molecule has 2 aromatic carbocycles. The second kappa shape index (κ2) is 7.24. The number of carbonyl (C=O) groups excluding carboxylic acids is 1. The summed E-state index contributed by atoms with van der Waals surface area (Å²) in [4.78, 5) is 12.1. The number of aromatic nitrogens is 3. The van der Waals surface area contributed by atoms with E-state index in [0.717, 1.165) is 22.9 Å². The zero-order chi connectivity index (χ0) is 20.5. The lowest BCUT2D eigenvalue weighted by Gasteiger charge is -2.14. The third kappa shape index (κ3) is 3.91. The first-order chi connectivity index (χ1) is 13.2. The molecule has 1 amide bonds. The minimum absolute atomic E-state index is 0.240. The van der Waals surface area contributed by atoms with Crippen LogP contribution in [0.25, 0.3) is 11.0 Å². The molecule has 0 unspecified atom stereocenters. The van der Waals surface area contributed by atoms with Gasteiger partial charge in [-0.3, -0.25) is 4.79 Å². The van der Waals surface area contributed by atoms with Crippen LogP contribution < -0.4 is 5.32 Å². The molecule has 11 heteroatoms. The van der Waals surface area contributed by atoms with Crippen molar-refractivity contribution in [3.8, 4) is 6.07 Å². The van der Waals surface area contributed by atoms with Gasteiger partial charge in [-0.1, -0.05) is 5.21 Å². The van der Waals surface area contributed by atoms with E-state index in [0.29, 0.717) is 11.6 Å². The molecule has 1 aromatic heterocycles. The van der Waals surface area contributed by atoms with Gasteiger partial charge in [-0.25, -0.2) is 9.07 Å². The van der Waals surface area contributed by atoms with Crippen LogP contribution in [0.4, 0.5) is 23.2 Å². The van der Waals surface area contributed by atoms with E-state index < -0.39 is 41.7 Å². The summed E-state index contributed by atoms with van der Waals surface area (Å²) < 4.78 is 53.4. The van der Waals surface area contributed by atoms with Crippen LogP contribution in [0.5, 0.6) is 0 Å². The van der Waals surface area contributed by atoms with Gasteiger partial charge in [-0.15, -0.1) is 5.10 Å². The second-order valence-corrected chi connectivity index (χ2v) is 5.78. The Morgan fingerprint density at radius 3 is 2.71 bits per heavy atom. The smallest absolute Gasteiger partial charge is 0.381 e. The minimum atomic E-state index is -4.78. The number of carbonyl (C=O) groups is 1. The number of fused-ring (bicyclic) bond motifs is 1. The SMILES string of the molecule is N#Cc1ccc(NC(=O)[C@@H](O)Cn2nnc3ccc(F)cc32)cc1C(F)(F)F. The molecule has 7 nitrogen and oxygen atoms in total. The van der Waals surface area contributed by atoms with Crippen LogP contribution in [0.3, 0.4) is 0 Å². The third-order valence-electron chi connectivity index (χ3n) is 3.84. The quantitative estimate of drug-likeness (QED) is 0.663. The number of aliphatic hydroxyl groups is 1. The second-order valence-electron chi connectivity index (χ2n) is 5.78. The average Bonchev–Trinajstić information content (AvgIpc) is 3.02. The molecule has 1 heterocycles. The Hall–Kier alpha value is -3.52. The molecule has 2 N–H and O–H groups in total. The highest BCUT2D eigenvalue weighted by atomic mass is 19.4. The van der Waals surface area contributed by atoms with Crippen molar-refractivity contribution in [2.24, 2.45) is 0 Å². The number of nitrogens with one attached hydrogen (secondary N) is 1. The predicted octanol–water partition coefficient (Wildman–Crippen LogP) is 2.46. The number of hydrogen-bond acceptors (Lipinski definition) is 5. The summed E-state index contributed by atoms with van der Waals surface area (Å²) in [6, 6.07) is 7.72. The van der Waals surface area contributed by atoms with Crippen molar-refractivity contribution in [1.82, 2.24) is 15.0 Å². The summed E-state index contributed by atoms with van der Waals surface area (Å²) in [6.45, 7) is -0.395. The fourth-order valence-corrected chi connectivity index (χ4v) is 2.50. The van der Waals surface area contributed by atoms with Gasteiger partial charge in [0.2, 0.25) is 0 Å². The lowest BCUT2D eigenvalue weighted by Crippen LogP contribution is -2.32. The highest BCUT2D eigenvalue weighted by molar-refractivity contribution is 5.94. The fourth-order valence-electron chi connectivity index (χ4n) is 2.50. The normalized spacial score (nSPS) is 12.6. The third-order valence-corrected chi connectivity index (χ3v) is 3.84. The molecule has 28 heavy (non-hydrogen) atoms. The number of amides is 1. The number of hydrogen-bond donors (Lipinski definition) is 2. The van der Waals surface area contributed by atoms with Gasteiger partial charge in [0.15, 0.2) is 6.10 Å². The van der Waals surface area contributed by atoms with Crippen molar-refractivity contribution >= 4 is 22.6 Å². The van der Waals surface area contributed by atoms with E-state index in [1.165, 1.54) is 18.2 Å². The Balaban J connectivity index is 1.77. The molecule has 144 valence electrons. The Kier molecular flexibility index (Phi) is 4.98. The van der Waals surface area contributed by atoms with Gasteiger partial charge in [0, 0.05) is 11.8 Å². The maximum Gasteiger partial charge on any atom is 0.417 e. The molecule has 1 atom stereocenters. The molecule has 0 fully saturated rings. The largest absolute Gasteiger partial charge is 0.417 e. The maximum atomic E-state index is 13.3. The summed E-state index contributed by atoms with van der Waals surface area (Å²) in [5.74, 6) is -1.56. The van der Waals surface area contributed by atoms with Gasteiger partial charge in [-0.2, -0.15) is 18.4 Å². The van der Waals surface area contributed by atoms with Crippen LogP contribution in [0, 0.1) is 17.1 Å². The molecule has 0 saturated heterocycles. The van der Waals surface area contributed by atoms with Gasteiger partial charge in [0.25, 0.3) is 5.91 Å². The molecule has 0 aliphatic rings. The number of aliphatic hydroxyl groups excluding tert-OH is 1. The average molecular weight is 393 g/mol. The maximum absolute atomic E-state index is 13.3. The molecule has 0 radical (unpaired) electrons. The molecular formula is C17H11F4N5O2. The summed E-state index contributed by atoms with van der Waals surface area (Å²) >= 11 is 0. The Labute approximate surface area is 154 Å². The fraction of sp³-hybridized carbons (Fsp3) is 0.176. The van der Waals surface area contributed by atoms with Crippen molar-refractivity contribution in [3.05, 3.63) is 53.3 Å². The molecule has 3 rings (SSSR count). The highest BCUT2D eigenvalue weighted by Gasteiger charge is 2.34. The van der Waals surface area contributed by atoms with E-state index in [1.54, 1.807) is 0 Å². The number of rotatable bonds is 4. The molecule has 0 aliphatic heterocycles. The molecule has 3 aromatic rings. The molecule has 0 spiro atoms. The van der Waals surface area contributed by atoms with E-state index in [4.69, 9.17) is 5.26 Å². The van der Waals surface area contributed by atoms with Crippen LogP contribution in [-0.4, -0.2) is 32.1 Å². The van der Waals surface area contributed by atoms with E-state index >= 15 is 0 Å². The Morgan fingerprint density at radius 1 is 1.29 bits per heavy atom. The first-order valence-electron chi connectivity index (χ1n) is 7.78. The molecule has 0 saturated carbocycles. The van der Waals surface area contributed by atoms with Crippen molar-refractivity contribution in [1.29, 1.82) is 5.26 Å². The first kappa shape index (κ1) is 19.2. The monoisotopic (exact) mass is 393 g/mol. The van der Waals surface area contributed by atoms with Crippen LogP contribution >= 0.6 is 0 Å². The predicted molar refractivity (Wildman–Crippen MR) is 88.3 cm³/mol. The molecular weight excluding hydrogens is 382 g/mol. The van der Waals surface area contributed by atoms with E-state index in [9.17, 15) is 27.5 Å². The zero-order valence-corrected chi connectivity index (χ0v) is 13.9. The number of benzene rings is 2. The van der Waals surface area contributed by atoms with Gasteiger partial charge >= 0.3 is 6.18 Å². The molecule has 0 bridgehead atoms. The van der Waals surface area contributed by atoms with Crippen LogP contribution in [0.15, 0.2) is 36.4 Å². The number of halogens is 4. The van der Waals surface area contributed by atoms with Crippen molar-refractivity contribution in [2.45, 2.75) is 18.8 Å². The van der Waals surface area contributed by atoms with Gasteiger partial charge in [-0.05, 0) is 30.3 Å². The molecule has 0 aliphatic carbocycles. The number of anilines is 1. The Bertz CT molecular complexity index is 1090. The number of nitrogens with zero attached hydrogens (tertiary/aromatic N) is 4. The summed E-state index contributed by atoms with van der Waals surface area (Å²) in [7, 11) is 0. The van der Waals surface area contributed by atoms with E-state index in [-0.39, 0.29) is 11.2 Å². The van der Waals surface area contributed by atoms with Crippen molar-refractivity contribution in [2.75, 3.05) is 5.32 Å². The number of alkyl halides is 3. The lowest BCUT2D eigenvalue weighted by atomic mass is 10.1. The van der Waals surface area contributed by atoms with Crippen LogP contribution in [0.2, 0.25) is 0 Å². The zero-order valence-electron chi connectivity index (χ0n) is 13.9. The van der Waals surface area contributed by atoms with E-state index in [1.807, 2.05) is 0 Å². The summed E-state index contributed by atoms with van der Waals surface area (Å²) in [5.41, 5.74) is -1.47. The van der Waals surface area contributed by atoms with Gasteiger partial charge in [0.05, 0.1) is 29.3 Å². The topological polar surface area (TPSA) is 104 Å². The van der Waals surface area contributed by atoms with Gasteiger partial charge < -0.3 is 10.4 Å². The standard InChI is InChI=1S/C17H11F4N5O2/c18-10-2-4-13-14(5-10)26(25-24-13)8-15(27)16(28)23-11-3-1-9(7-22)12(6-11)17(19,20)21/h1-6,15,27H,8H2,(H,23,28)/t15-/m0/s1. The first-order valence-corrected chi connectivity index (χ1v) is 7.78. The summed E-state index contributed by atoms with van der Waals surface area (Å²) in [6.07, 6.45) is -6.48. The van der Waals surface area contributed by atoms with Gasteiger partial charge in [0.1, 0.15) is 11.3 Å². The van der Waals surface area contributed by atoms with Crippen molar-refractivity contribution in [3.63, 3.8) is 0 Å². The lowest BCUT2D eigenvalue weighted by molar-refractivity contribution is -0.137. The van der Waals surface area contributed by atoms with E-state index in [2.05, 4.69) is 15.6 Å². The number of nitriles is 1. The van der Waals surface area contributed by atoms with Crippen LogP contribution in [-0.2, 0) is 17.5 Å².